The molecule has 1 aliphatic heterocycles. The zero-order valence-corrected chi connectivity index (χ0v) is 16.7. The summed E-state index contributed by atoms with van der Waals surface area (Å²) in [5, 5.41) is 6.20. The van der Waals surface area contributed by atoms with E-state index in [2.05, 4.69) is 24.5 Å². The van der Waals surface area contributed by atoms with Crippen molar-refractivity contribution in [3.63, 3.8) is 0 Å². The molecular formula is C16H31ClN2O4S. The van der Waals surface area contributed by atoms with Gasteiger partial charge in [-0.25, -0.2) is 8.42 Å². The summed E-state index contributed by atoms with van der Waals surface area (Å²) in [5.74, 6) is -0.327. The van der Waals surface area contributed by atoms with Crippen LogP contribution in [0.15, 0.2) is 0 Å². The molecule has 2 aliphatic rings. The summed E-state index contributed by atoms with van der Waals surface area (Å²) in [6.45, 7) is 5.31. The molecule has 1 aliphatic carbocycles. The first-order valence-corrected chi connectivity index (χ1v) is 10.4. The first-order chi connectivity index (χ1) is 10.8. The minimum atomic E-state index is -3.47. The Morgan fingerprint density at radius 2 is 1.79 bits per heavy atom. The Hall–Kier alpha value is -0.370. The number of hydrogen-bond acceptors (Lipinski definition) is 5. The number of ether oxygens (including phenoxy) is 1. The topological polar surface area (TPSA) is 84.5 Å². The standard InChI is InChI=1S/C16H30N2O4S.ClH/c1-5-15(6-2)12(11-13(15)22-3)18-14(19)16(23(4,20)21)7-9-17-10-8-16;/h12-13,17H,5-11H2,1-4H3,(H,18,19);1H. The number of hydrogen-bond donors (Lipinski definition) is 2. The number of amides is 1. The highest BCUT2D eigenvalue weighted by Gasteiger charge is 2.56. The normalized spacial score (nSPS) is 28.3. The summed E-state index contributed by atoms with van der Waals surface area (Å²) < 4.78 is 29.0. The number of sulfone groups is 1. The molecule has 2 rings (SSSR count). The summed E-state index contributed by atoms with van der Waals surface area (Å²) in [4.78, 5) is 12.9. The highest BCUT2D eigenvalue weighted by molar-refractivity contribution is 7.92. The Morgan fingerprint density at radius 1 is 1.25 bits per heavy atom. The predicted molar refractivity (Wildman–Crippen MR) is 97.3 cm³/mol. The predicted octanol–water partition coefficient (Wildman–Crippen LogP) is 1.28. The molecule has 0 aromatic heterocycles. The molecule has 8 heteroatoms. The van der Waals surface area contributed by atoms with Crippen LogP contribution in [0.25, 0.3) is 0 Å². The van der Waals surface area contributed by atoms with Crippen LogP contribution < -0.4 is 10.6 Å². The van der Waals surface area contributed by atoms with E-state index in [4.69, 9.17) is 4.74 Å². The van der Waals surface area contributed by atoms with E-state index >= 15 is 0 Å². The first kappa shape index (κ1) is 21.7. The van der Waals surface area contributed by atoms with Gasteiger partial charge in [-0.1, -0.05) is 13.8 Å². The molecule has 0 bridgehead atoms. The Labute approximate surface area is 151 Å². The second-order valence-electron chi connectivity index (χ2n) is 6.94. The molecule has 2 N–H and O–H groups in total. The van der Waals surface area contributed by atoms with Crippen LogP contribution in [0.2, 0.25) is 0 Å². The van der Waals surface area contributed by atoms with Crippen molar-refractivity contribution in [2.24, 2.45) is 5.41 Å². The average Bonchev–Trinajstić information content (AvgIpc) is 2.51. The fraction of sp³-hybridized carbons (Fsp3) is 0.938. The largest absolute Gasteiger partial charge is 0.381 e. The fourth-order valence-corrected chi connectivity index (χ4v) is 5.71. The molecule has 1 saturated carbocycles. The maximum absolute atomic E-state index is 12.9. The molecule has 24 heavy (non-hydrogen) atoms. The number of nitrogens with one attached hydrogen (secondary N) is 2. The molecule has 0 aromatic rings. The van der Waals surface area contributed by atoms with E-state index in [1.54, 1.807) is 7.11 Å². The number of methoxy groups -OCH3 is 1. The summed E-state index contributed by atoms with van der Waals surface area (Å²) in [7, 11) is -1.77. The maximum Gasteiger partial charge on any atom is 0.241 e. The van der Waals surface area contributed by atoms with Gasteiger partial charge in [0.1, 0.15) is 0 Å². The highest BCUT2D eigenvalue weighted by atomic mass is 35.5. The molecule has 2 atom stereocenters. The van der Waals surface area contributed by atoms with Gasteiger partial charge >= 0.3 is 0 Å². The van der Waals surface area contributed by atoms with Crippen molar-refractivity contribution in [3.8, 4) is 0 Å². The fourth-order valence-electron chi connectivity index (χ4n) is 4.37. The highest BCUT2D eigenvalue weighted by Crippen LogP contribution is 2.49. The van der Waals surface area contributed by atoms with Gasteiger partial charge in [0.2, 0.25) is 5.91 Å². The monoisotopic (exact) mass is 382 g/mol. The van der Waals surface area contributed by atoms with E-state index in [9.17, 15) is 13.2 Å². The van der Waals surface area contributed by atoms with E-state index in [0.29, 0.717) is 25.9 Å². The van der Waals surface area contributed by atoms with E-state index in [1.165, 1.54) is 6.26 Å². The van der Waals surface area contributed by atoms with Gasteiger partial charge in [-0.3, -0.25) is 4.79 Å². The van der Waals surface area contributed by atoms with Crippen molar-refractivity contribution in [2.45, 2.75) is 62.8 Å². The molecule has 0 aromatic carbocycles. The minimum absolute atomic E-state index is 0. The second-order valence-corrected chi connectivity index (χ2v) is 9.27. The van der Waals surface area contributed by atoms with Gasteiger partial charge in [0.05, 0.1) is 6.10 Å². The van der Waals surface area contributed by atoms with Crippen LogP contribution in [0.4, 0.5) is 0 Å². The van der Waals surface area contributed by atoms with Crippen LogP contribution >= 0.6 is 12.4 Å². The molecular weight excluding hydrogens is 352 g/mol. The van der Waals surface area contributed by atoms with Crippen molar-refractivity contribution in [1.29, 1.82) is 0 Å². The van der Waals surface area contributed by atoms with Crippen LogP contribution in [-0.4, -0.2) is 57.7 Å². The van der Waals surface area contributed by atoms with Crippen molar-refractivity contribution in [3.05, 3.63) is 0 Å². The number of piperidine rings is 1. The summed E-state index contributed by atoms with van der Waals surface area (Å²) in [6.07, 6.45) is 4.55. The minimum Gasteiger partial charge on any atom is -0.381 e. The molecule has 1 heterocycles. The van der Waals surface area contributed by atoms with Crippen LogP contribution in [-0.2, 0) is 19.4 Å². The Morgan fingerprint density at radius 3 is 2.21 bits per heavy atom. The van der Waals surface area contributed by atoms with Crippen LogP contribution in [0.3, 0.4) is 0 Å². The van der Waals surface area contributed by atoms with Gasteiger partial charge in [0.25, 0.3) is 0 Å². The molecule has 0 spiro atoms. The second kappa shape index (κ2) is 7.89. The van der Waals surface area contributed by atoms with Crippen molar-refractivity contribution >= 4 is 28.2 Å². The number of halogens is 1. The first-order valence-electron chi connectivity index (χ1n) is 8.51. The van der Waals surface area contributed by atoms with E-state index in [-0.39, 0.29) is 35.9 Å². The Bertz CT molecular complexity index is 542. The molecule has 6 nitrogen and oxygen atoms in total. The summed E-state index contributed by atoms with van der Waals surface area (Å²) in [5.41, 5.74) is -0.0873. The van der Waals surface area contributed by atoms with Crippen molar-refractivity contribution in [2.75, 3.05) is 26.5 Å². The molecule has 0 radical (unpaired) electrons. The zero-order chi connectivity index (χ0) is 17.3. The third-order valence-corrected chi connectivity index (χ3v) is 8.24. The summed E-state index contributed by atoms with van der Waals surface area (Å²) >= 11 is 0. The summed E-state index contributed by atoms with van der Waals surface area (Å²) in [6, 6.07) is -0.0107. The van der Waals surface area contributed by atoms with Gasteiger partial charge in [0.15, 0.2) is 14.6 Å². The lowest BCUT2D eigenvalue weighted by atomic mass is 9.58. The smallest absolute Gasteiger partial charge is 0.241 e. The maximum atomic E-state index is 12.9. The van der Waals surface area contributed by atoms with Crippen LogP contribution in [0, 0.1) is 5.41 Å². The zero-order valence-electron chi connectivity index (χ0n) is 15.1. The molecule has 2 fully saturated rings. The van der Waals surface area contributed by atoms with E-state index in [1.807, 2.05) is 0 Å². The third-order valence-electron chi connectivity index (χ3n) is 6.23. The Balaban J connectivity index is 0.00000288. The van der Waals surface area contributed by atoms with E-state index in [0.717, 1.165) is 19.3 Å². The number of rotatable bonds is 6. The van der Waals surface area contributed by atoms with Crippen LogP contribution in [0.5, 0.6) is 0 Å². The lowest BCUT2D eigenvalue weighted by Gasteiger charge is -2.55. The lowest BCUT2D eigenvalue weighted by Crippen LogP contribution is -2.68. The number of carbonyl (C=O) groups is 1. The van der Waals surface area contributed by atoms with Gasteiger partial charge < -0.3 is 15.4 Å². The lowest BCUT2D eigenvalue weighted by molar-refractivity contribution is -0.143. The molecule has 2 unspecified atom stereocenters. The molecule has 1 amide bonds. The van der Waals surface area contributed by atoms with Gasteiger partial charge in [-0.05, 0) is 45.2 Å². The molecule has 142 valence electrons. The van der Waals surface area contributed by atoms with Crippen LogP contribution in [0.1, 0.15) is 46.0 Å². The van der Waals surface area contributed by atoms with Gasteiger partial charge in [0, 0.05) is 24.8 Å². The average molecular weight is 383 g/mol. The third kappa shape index (κ3) is 3.32. The molecule has 1 saturated heterocycles. The van der Waals surface area contributed by atoms with Gasteiger partial charge in [-0.15, -0.1) is 12.4 Å². The van der Waals surface area contributed by atoms with Crippen molar-refractivity contribution in [1.82, 2.24) is 10.6 Å². The number of carbonyl (C=O) groups excluding carboxylic acids is 1. The quantitative estimate of drug-likeness (QED) is 0.723. The van der Waals surface area contributed by atoms with Gasteiger partial charge in [-0.2, -0.15) is 0 Å². The SMILES string of the molecule is CCC1(CC)C(NC(=O)C2(S(C)(=O)=O)CCNCC2)CC1OC.Cl. The Kier molecular flexibility index (Phi) is 7.13. The van der Waals surface area contributed by atoms with E-state index < -0.39 is 14.6 Å². The van der Waals surface area contributed by atoms with Crippen molar-refractivity contribution < 1.29 is 17.9 Å².